The Morgan fingerprint density at radius 2 is 2.22 bits per heavy atom. The van der Waals surface area contributed by atoms with Crippen molar-refractivity contribution in [1.29, 1.82) is 0 Å². The number of hydrogen-bond acceptors (Lipinski definition) is 7. The highest BCUT2D eigenvalue weighted by atomic mass is 32.2. The molecule has 122 valence electrons. The Morgan fingerprint density at radius 3 is 2.87 bits per heavy atom. The number of esters is 1. The molecule has 0 aromatic heterocycles. The van der Waals surface area contributed by atoms with Gasteiger partial charge in [0, 0.05) is 0 Å². The molecule has 0 saturated carbocycles. The van der Waals surface area contributed by atoms with Crippen LogP contribution in [-0.4, -0.2) is 46.5 Å². The van der Waals surface area contributed by atoms with Gasteiger partial charge in [-0.25, -0.2) is 0 Å². The highest BCUT2D eigenvalue weighted by Crippen LogP contribution is 2.34. The van der Waals surface area contributed by atoms with Crippen molar-refractivity contribution in [2.75, 3.05) is 20.3 Å². The van der Waals surface area contributed by atoms with E-state index in [1.807, 2.05) is 0 Å². The fourth-order valence-electron chi connectivity index (χ4n) is 1.91. The maximum atomic E-state index is 12.3. The van der Waals surface area contributed by atoms with E-state index in [1.54, 1.807) is 25.1 Å². The number of methoxy groups -OCH3 is 1. The minimum absolute atomic E-state index is 0.0134. The van der Waals surface area contributed by atoms with Crippen LogP contribution in [0, 0.1) is 0 Å². The van der Waals surface area contributed by atoms with Crippen LogP contribution in [0.25, 0.3) is 6.08 Å². The van der Waals surface area contributed by atoms with E-state index in [4.69, 9.17) is 21.7 Å². The van der Waals surface area contributed by atoms with Crippen molar-refractivity contribution in [3.05, 3.63) is 28.7 Å². The molecule has 0 unspecified atom stereocenters. The highest BCUT2D eigenvalue weighted by molar-refractivity contribution is 8.26. The van der Waals surface area contributed by atoms with Crippen molar-refractivity contribution in [2.45, 2.75) is 6.92 Å². The van der Waals surface area contributed by atoms with E-state index in [-0.39, 0.29) is 24.8 Å². The molecule has 0 bridgehead atoms. The second-order valence-corrected chi connectivity index (χ2v) is 6.18. The largest absolute Gasteiger partial charge is 0.504 e. The molecule has 0 spiro atoms. The van der Waals surface area contributed by atoms with Gasteiger partial charge in [-0.05, 0) is 30.7 Å². The summed E-state index contributed by atoms with van der Waals surface area (Å²) < 4.78 is 10.2. The zero-order valence-electron chi connectivity index (χ0n) is 12.6. The van der Waals surface area contributed by atoms with Crippen molar-refractivity contribution < 1.29 is 24.2 Å². The van der Waals surface area contributed by atoms with E-state index in [0.29, 0.717) is 20.5 Å². The minimum Gasteiger partial charge on any atom is -0.504 e. The smallest absolute Gasteiger partial charge is 0.326 e. The standard InChI is InChI=1S/C15H15NO5S2/c1-3-21-13(18)8-16-14(19)12(23-15(16)22)7-9-4-5-10(17)11(6-9)20-2/h4-7,17H,3,8H2,1-2H3. The first-order chi connectivity index (χ1) is 11.0. The number of carbonyl (C=O) groups excluding carboxylic acids is 2. The summed E-state index contributed by atoms with van der Waals surface area (Å²) in [5.41, 5.74) is 0.677. The van der Waals surface area contributed by atoms with Crippen molar-refractivity contribution in [2.24, 2.45) is 0 Å². The summed E-state index contributed by atoms with van der Waals surface area (Å²) in [5.74, 6) is -0.531. The molecule has 1 aliphatic heterocycles. The Morgan fingerprint density at radius 1 is 1.48 bits per heavy atom. The number of nitrogens with zero attached hydrogens (tertiary/aromatic N) is 1. The lowest BCUT2D eigenvalue weighted by molar-refractivity contribution is -0.145. The van der Waals surface area contributed by atoms with Gasteiger partial charge in [0.25, 0.3) is 5.91 Å². The molecule has 1 aromatic rings. The van der Waals surface area contributed by atoms with Crippen LogP contribution in [0.3, 0.4) is 0 Å². The lowest BCUT2D eigenvalue weighted by Gasteiger charge is -2.12. The summed E-state index contributed by atoms with van der Waals surface area (Å²) in [6.45, 7) is 1.74. The first kappa shape index (κ1) is 17.3. The third-order valence-corrected chi connectivity index (χ3v) is 4.35. The molecular weight excluding hydrogens is 338 g/mol. The number of thiocarbonyl (C=S) groups is 1. The monoisotopic (exact) mass is 353 g/mol. The Kier molecular flexibility index (Phi) is 5.62. The van der Waals surface area contributed by atoms with Gasteiger partial charge < -0.3 is 14.6 Å². The van der Waals surface area contributed by atoms with Crippen LogP contribution < -0.4 is 4.74 Å². The van der Waals surface area contributed by atoms with Crippen LogP contribution in [-0.2, 0) is 14.3 Å². The van der Waals surface area contributed by atoms with Crippen LogP contribution in [0.1, 0.15) is 12.5 Å². The summed E-state index contributed by atoms with van der Waals surface area (Å²) in [5, 5.41) is 9.58. The van der Waals surface area contributed by atoms with Gasteiger partial charge in [0.2, 0.25) is 0 Å². The normalized spacial score (nSPS) is 16.1. The molecule has 1 fully saturated rings. The molecule has 1 amide bonds. The van der Waals surface area contributed by atoms with Crippen molar-refractivity contribution in [3.8, 4) is 11.5 Å². The van der Waals surface area contributed by atoms with E-state index in [0.717, 1.165) is 11.8 Å². The average Bonchev–Trinajstić information content (AvgIpc) is 2.77. The predicted molar refractivity (Wildman–Crippen MR) is 91.2 cm³/mol. The highest BCUT2D eigenvalue weighted by Gasteiger charge is 2.33. The molecule has 1 aromatic carbocycles. The molecule has 1 N–H and O–H groups in total. The first-order valence-corrected chi connectivity index (χ1v) is 7.96. The fourth-order valence-corrected chi connectivity index (χ4v) is 3.16. The van der Waals surface area contributed by atoms with Gasteiger partial charge in [-0.15, -0.1) is 0 Å². The van der Waals surface area contributed by atoms with Gasteiger partial charge in [0.15, 0.2) is 11.5 Å². The summed E-state index contributed by atoms with van der Waals surface area (Å²) in [7, 11) is 1.44. The van der Waals surface area contributed by atoms with Crippen molar-refractivity contribution in [3.63, 3.8) is 0 Å². The number of phenols is 1. The lowest BCUT2D eigenvalue weighted by Crippen LogP contribution is -2.34. The minimum atomic E-state index is -0.503. The van der Waals surface area contributed by atoms with E-state index < -0.39 is 5.97 Å². The number of ether oxygens (including phenoxy) is 2. The number of phenolic OH excluding ortho intramolecular Hbond substituents is 1. The molecule has 1 aliphatic rings. The number of hydrogen-bond donors (Lipinski definition) is 1. The molecule has 6 nitrogen and oxygen atoms in total. The molecule has 1 heterocycles. The topological polar surface area (TPSA) is 76.1 Å². The summed E-state index contributed by atoms with van der Waals surface area (Å²) >= 11 is 6.25. The summed E-state index contributed by atoms with van der Waals surface area (Å²) in [6, 6.07) is 4.73. The van der Waals surface area contributed by atoms with Gasteiger partial charge in [0.1, 0.15) is 10.9 Å². The molecule has 23 heavy (non-hydrogen) atoms. The van der Waals surface area contributed by atoms with E-state index in [2.05, 4.69) is 0 Å². The summed E-state index contributed by atoms with van der Waals surface area (Å²) in [6.07, 6.45) is 1.63. The number of thioether (sulfide) groups is 1. The maximum Gasteiger partial charge on any atom is 0.326 e. The number of aromatic hydroxyl groups is 1. The lowest BCUT2D eigenvalue weighted by atomic mass is 10.2. The summed E-state index contributed by atoms with van der Waals surface area (Å²) in [4.78, 5) is 25.5. The molecule has 0 atom stereocenters. The zero-order valence-corrected chi connectivity index (χ0v) is 14.2. The van der Waals surface area contributed by atoms with Gasteiger partial charge in [-0.2, -0.15) is 0 Å². The number of carbonyl (C=O) groups is 2. The zero-order chi connectivity index (χ0) is 17.0. The number of benzene rings is 1. The van der Waals surface area contributed by atoms with E-state index in [9.17, 15) is 14.7 Å². The van der Waals surface area contributed by atoms with Gasteiger partial charge in [-0.1, -0.05) is 30.0 Å². The Balaban J connectivity index is 2.20. The second kappa shape index (κ2) is 7.47. The first-order valence-electron chi connectivity index (χ1n) is 6.74. The van der Waals surface area contributed by atoms with Crippen LogP contribution in [0.2, 0.25) is 0 Å². The third kappa shape index (κ3) is 4.02. The van der Waals surface area contributed by atoms with Crippen molar-refractivity contribution >= 4 is 46.3 Å². The van der Waals surface area contributed by atoms with Crippen LogP contribution in [0.15, 0.2) is 23.1 Å². The molecule has 1 saturated heterocycles. The maximum absolute atomic E-state index is 12.3. The fraction of sp³-hybridized carbons (Fsp3) is 0.267. The SMILES string of the molecule is CCOC(=O)CN1C(=O)C(=Cc2ccc(O)c(OC)c2)SC1=S. The van der Waals surface area contributed by atoms with Crippen LogP contribution in [0.4, 0.5) is 0 Å². The molecule has 8 heteroatoms. The van der Waals surface area contributed by atoms with Crippen LogP contribution in [0.5, 0.6) is 11.5 Å². The van der Waals surface area contributed by atoms with E-state index >= 15 is 0 Å². The van der Waals surface area contributed by atoms with Crippen LogP contribution >= 0.6 is 24.0 Å². The number of rotatable bonds is 5. The van der Waals surface area contributed by atoms with Gasteiger partial charge in [0.05, 0.1) is 18.6 Å². The van der Waals surface area contributed by atoms with Gasteiger partial charge >= 0.3 is 5.97 Å². The average molecular weight is 353 g/mol. The quantitative estimate of drug-likeness (QED) is 0.494. The van der Waals surface area contributed by atoms with Crippen molar-refractivity contribution in [1.82, 2.24) is 4.90 Å². The predicted octanol–water partition coefficient (Wildman–Crippen LogP) is 2.17. The molecular formula is C15H15NO5S2. The second-order valence-electron chi connectivity index (χ2n) is 4.50. The molecule has 0 aliphatic carbocycles. The van der Waals surface area contributed by atoms with E-state index in [1.165, 1.54) is 18.1 Å². The number of amides is 1. The Labute approximate surface area is 143 Å². The molecule has 2 rings (SSSR count). The van der Waals surface area contributed by atoms with Gasteiger partial charge in [-0.3, -0.25) is 14.5 Å². The molecule has 0 radical (unpaired) electrons. The Bertz CT molecular complexity index is 686. The third-order valence-electron chi connectivity index (χ3n) is 2.97. The Hall–Kier alpha value is -2.06.